The Hall–Kier alpha value is -2.09. The van der Waals surface area contributed by atoms with Gasteiger partial charge in [0.05, 0.1) is 12.0 Å². The minimum Gasteiger partial charge on any atom is -0.384 e. The highest BCUT2D eigenvalue weighted by molar-refractivity contribution is 7.94. The Labute approximate surface area is 176 Å². The molecular formula is C21H26ClN3O2S. The molecular weight excluding hydrogens is 394 g/mol. The molecule has 0 saturated heterocycles. The molecule has 0 aliphatic heterocycles. The minimum atomic E-state index is 0.579. The van der Waals surface area contributed by atoms with Crippen molar-refractivity contribution >= 4 is 29.5 Å². The van der Waals surface area contributed by atoms with Gasteiger partial charge in [0.1, 0.15) is 5.82 Å². The van der Waals surface area contributed by atoms with Gasteiger partial charge in [-0.2, -0.15) is 5.90 Å². The van der Waals surface area contributed by atoms with E-state index in [2.05, 4.69) is 34.1 Å². The largest absolute Gasteiger partial charge is 0.384 e. The van der Waals surface area contributed by atoms with Crippen molar-refractivity contribution in [3.8, 4) is 0 Å². The van der Waals surface area contributed by atoms with Crippen LogP contribution in [-0.4, -0.2) is 4.98 Å². The van der Waals surface area contributed by atoms with Crippen molar-refractivity contribution in [3.05, 3.63) is 88.1 Å². The highest BCUT2D eigenvalue weighted by Gasteiger charge is 1.97. The van der Waals surface area contributed by atoms with Crippen LogP contribution >= 0.6 is 23.6 Å². The molecule has 3 aromatic rings. The first-order chi connectivity index (χ1) is 13.3. The van der Waals surface area contributed by atoms with Gasteiger partial charge in [0.25, 0.3) is 0 Å². The molecule has 0 unspecified atom stereocenters. The van der Waals surface area contributed by atoms with Gasteiger partial charge in [-0.15, -0.1) is 9.32 Å². The van der Waals surface area contributed by atoms with Gasteiger partial charge >= 0.3 is 0 Å². The van der Waals surface area contributed by atoms with Crippen LogP contribution in [0.2, 0.25) is 5.02 Å². The van der Waals surface area contributed by atoms with Crippen molar-refractivity contribution in [2.24, 2.45) is 5.90 Å². The minimum absolute atomic E-state index is 0.579. The summed E-state index contributed by atoms with van der Waals surface area (Å²) in [4.78, 5) is 8.82. The van der Waals surface area contributed by atoms with E-state index >= 15 is 0 Å². The second-order valence-corrected chi connectivity index (χ2v) is 7.18. The fourth-order valence-electron chi connectivity index (χ4n) is 1.89. The molecule has 0 aliphatic carbocycles. The smallest absolute Gasteiger partial charge is 0.123 e. The van der Waals surface area contributed by atoms with E-state index in [-0.39, 0.29) is 0 Å². The second kappa shape index (κ2) is 13.1. The molecule has 0 amide bonds. The first-order valence-electron chi connectivity index (χ1n) is 8.50. The Bertz CT molecular complexity index is 824. The first-order valence-corrected chi connectivity index (χ1v) is 9.62. The number of nitrogen functional groups attached to an aromatic ring is 1. The average molecular weight is 420 g/mol. The molecule has 2 aromatic carbocycles. The number of hydrogen-bond donors (Lipinski definition) is 2. The number of nitrogens with two attached hydrogens (primary N) is 2. The van der Waals surface area contributed by atoms with Crippen molar-refractivity contribution < 1.29 is 9.32 Å². The zero-order valence-corrected chi connectivity index (χ0v) is 18.1. The SMILES string of the molecule is Cc1ccc(Cl)cc1C.Cc1ccc(N)nc1.Cc1ccccc1SOON. The molecule has 0 bridgehead atoms. The van der Waals surface area contributed by atoms with E-state index in [4.69, 9.17) is 17.3 Å². The number of benzene rings is 2. The van der Waals surface area contributed by atoms with Gasteiger partial charge in [-0.25, -0.2) is 4.98 Å². The van der Waals surface area contributed by atoms with Crippen LogP contribution in [0.5, 0.6) is 0 Å². The Morgan fingerprint density at radius 3 is 2.11 bits per heavy atom. The van der Waals surface area contributed by atoms with Crippen LogP contribution in [0.3, 0.4) is 0 Å². The molecule has 0 saturated carbocycles. The topological polar surface area (TPSA) is 83.4 Å². The molecule has 0 radical (unpaired) electrons. The molecule has 5 nitrogen and oxygen atoms in total. The fourth-order valence-corrected chi connectivity index (χ4v) is 2.56. The van der Waals surface area contributed by atoms with Crippen molar-refractivity contribution in [1.82, 2.24) is 4.98 Å². The average Bonchev–Trinajstić information content (AvgIpc) is 2.68. The lowest BCUT2D eigenvalue weighted by atomic mass is 10.1. The molecule has 1 aromatic heterocycles. The predicted molar refractivity (Wildman–Crippen MR) is 118 cm³/mol. The molecule has 0 spiro atoms. The first kappa shape index (κ1) is 23.9. The number of nitrogens with zero attached hydrogens (tertiary/aromatic N) is 1. The number of aromatic nitrogens is 1. The summed E-state index contributed by atoms with van der Waals surface area (Å²) in [5.74, 6) is 5.26. The van der Waals surface area contributed by atoms with E-state index in [0.717, 1.165) is 33.1 Å². The maximum Gasteiger partial charge on any atom is 0.123 e. The summed E-state index contributed by atoms with van der Waals surface area (Å²) in [5.41, 5.74) is 10.1. The van der Waals surface area contributed by atoms with Crippen molar-refractivity contribution in [2.75, 3.05) is 5.73 Å². The molecule has 3 rings (SSSR count). The van der Waals surface area contributed by atoms with Gasteiger partial charge in [-0.1, -0.05) is 41.9 Å². The molecule has 7 heteroatoms. The lowest BCUT2D eigenvalue weighted by Crippen LogP contribution is -1.94. The third-order valence-electron chi connectivity index (χ3n) is 3.66. The van der Waals surface area contributed by atoms with Gasteiger partial charge in [0, 0.05) is 16.1 Å². The van der Waals surface area contributed by atoms with E-state index in [1.54, 1.807) is 12.3 Å². The molecule has 150 valence electrons. The summed E-state index contributed by atoms with van der Waals surface area (Å²) in [5, 5.41) is 0.818. The zero-order valence-electron chi connectivity index (χ0n) is 16.5. The van der Waals surface area contributed by atoms with E-state index < -0.39 is 0 Å². The van der Waals surface area contributed by atoms with Crippen LogP contribution in [0.4, 0.5) is 5.82 Å². The van der Waals surface area contributed by atoms with E-state index in [1.807, 2.05) is 62.4 Å². The maximum atomic E-state index is 5.72. The number of rotatable bonds is 3. The highest BCUT2D eigenvalue weighted by atomic mass is 35.5. The van der Waals surface area contributed by atoms with E-state index in [0.29, 0.717) is 5.82 Å². The van der Waals surface area contributed by atoms with Crippen LogP contribution < -0.4 is 11.6 Å². The summed E-state index contributed by atoms with van der Waals surface area (Å²) < 4.78 is 4.49. The van der Waals surface area contributed by atoms with Crippen molar-refractivity contribution in [3.63, 3.8) is 0 Å². The predicted octanol–water partition coefficient (Wildman–Crippen LogP) is 5.75. The van der Waals surface area contributed by atoms with Gasteiger partial charge < -0.3 is 5.73 Å². The number of halogens is 1. The summed E-state index contributed by atoms with van der Waals surface area (Å²) in [6.45, 7) is 8.10. The third kappa shape index (κ3) is 9.73. The van der Waals surface area contributed by atoms with Crippen molar-refractivity contribution in [2.45, 2.75) is 32.6 Å². The number of pyridine rings is 1. The monoisotopic (exact) mass is 419 g/mol. The standard InChI is InChI=1S/C8H9Cl.C7H9NO2S.C6H8N2/c1-6-3-4-8(9)5-7(6)2;1-6-4-2-3-5-7(6)11-10-9-8;1-5-2-3-6(7)8-4-5/h3-5H,1-2H3;2-5H,8H2,1H3;2-4H,1H3,(H2,7,8). The summed E-state index contributed by atoms with van der Waals surface area (Å²) >= 11 is 6.82. The molecule has 0 atom stereocenters. The van der Waals surface area contributed by atoms with Gasteiger partial charge in [0.2, 0.25) is 0 Å². The van der Waals surface area contributed by atoms with Gasteiger partial charge in [-0.05, 0) is 74.2 Å². The number of aryl methyl sites for hydroxylation is 4. The highest BCUT2D eigenvalue weighted by Crippen LogP contribution is 2.21. The van der Waals surface area contributed by atoms with Gasteiger partial charge in [0.15, 0.2) is 0 Å². The lowest BCUT2D eigenvalue weighted by Gasteiger charge is -2.00. The molecule has 28 heavy (non-hydrogen) atoms. The van der Waals surface area contributed by atoms with Crippen LogP contribution in [0.1, 0.15) is 22.3 Å². The summed E-state index contributed by atoms with van der Waals surface area (Å²) in [6, 6.07) is 17.4. The Kier molecular flexibility index (Phi) is 11.2. The van der Waals surface area contributed by atoms with Crippen LogP contribution in [0, 0.1) is 27.7 Å². The number of hydrogen-bond acceptors (Lipinski definition) is 6. The summed E-state index contributed by atoms with van der Waals surface area (Å²) in [7, 11) is 0. The van der Waals surface area contributed by atoms with Crippen molar-refractivity contribution in [1.29, 1.82) is 0 Å². The lowest BCUT2D eigenvalue weighted by molar-refractivity contribution is -0.195. The molecule has 4 N–H and O–H groups in total. The molecule has 0 aliphatic rings. The molecule has 0 fully saturated rings. The normalized spacial score (nSPS) is 9.64. The van der Waals surface area contributed by atoms with E-state index in [1.165, 1.54) is 11.1 Å². The maximum absolute atomic E-state index is 5.72. The van der Waals surface area contributed by atoms with E-state index in [9.17, 15) is 0 Å². The molecule has 1 heterocycles. The third-order valence-corrected chi connectivity index (χ3v) is 4.68. The Morgan fingerprint density at radius 1 is 0.893 bits per heavy atom. The Balaban J connectivity index is 0.000000213. The quantitative estimate of drug-likeness (QED) is 0.319. The zero-order chi connectivity index (χ0) is 20.9. The number of anilines is 1. The van der Waals surface area contributed by atoms with Crippen LogP contribution in [0.25, 0.3) is 0 Å². The summed E-state index contributed by atoms with van der Waals surface area (Å²) in [6.07, 6.45) is 1.75. The fraction of sp³-hybridized carbons (Fsp3) is 0.190. The van der Waals surface area contributed by atoms with Crippen LogP contribution in [-0.2, 0) is 9.32 Å². The Morgan fingerprint density at radius 2 is 1.61 bits per heavy atom. The van der Waals surface area contributed by atoms with Gasteiger partial charge in [-0.3, -0.25) is 0 Å². The van der Waals surface area contributed by atoms with Crippen LogP contribution in [0.15, 0.2) is 65.7 Å². The second-order valence-electron chi connectivity index (χ2n) is 6.00.